The van der Waals surface area contributed by atoms with Crippen molar-refractivity contribution in [2.75, 3.05) is 6.26 Å². The maximum absolute atomic E-state index is 11.3. The van der Waals surface area contributed by atoms with Gasteiger partial charge in [0.15, 0.2) is 5.82 Å². The summed E-state index contributed by atoms with van der Waals surface area (Å²) in [5, 5.41) is 6.81. The second kappa shape index (κ2) is 5.40. The molecule has 18 heavy (non-hydrogen) atoms. The number of aromatic nitrogens is 2. The molecule has 0 saturated carbocycles. The first-order chi connectivity index (χ1) is 8.18. The number of nitrogens with two attached hydrogens (primary N) is 1. The van der Waals surface area contributed by atoms with Crippen LogP contribution < -0.4 is 5.73 Å². The van der Waals surface area contributed by atoms with Gasteiger partial charge >= 0.3 is 0 Å². The molecule has 7 nitrogen and oxygen atoms in total. The van der Waals surface area contributed by atoms with E-state index in [9.17, 15) is 8.42 Å². The van der Waals surface area contributed by atoms with E-state index in [0.29, 0.717) is 5.71 Å². The maximum Gasteiger partial charge on any atom is 0.250 e. The highest BCUT2D eigenvalue weighted by Gasteiger charge is 2.13. The molecule has 98 valence electrons. The average Bonchev–Trinajstić information content (AvgIpc) is 2.13. The van der Waals surface area contributed by atoms with Gasteiger partial charge in [0.25, 0.3) is 0 Å². The molecule has 9 heteroatoms. The smallest absolute Gasteiger partial charge is 0.250 e. The summed E-state index contributed by atoms with van der Waals surface area (Å²) in [5.74, 6) is 0.200. The summed E-state index contributed by atoms with van der Waals surface area (Å²) in [6, 6.07) is 1.29. The average molecular weight is 290 g/mol. The largest absolute Gasteiger partial charge is 0.387 e. The molecule has 0 bridgehead atoms. The summed E-state index contributed by atoms with van der Waals surface area (Å²) in [4.78, 5) is 11.2. The second-order valence-electron chi connectivity index (χ2n) is 3.66. The Bertz CT molecular complexity index is 611. The standard InChI is InChI=1S/C9H12ClN5O2S/c1-5(11)3-7(12)14-8-4-6(10)13-9(15-8)18(2,16)17/h4,11H,3H2,1-2H3,(H2,12,13,14,15). The first-order valence-corrected chi connectivity index (χ1v) is 7.07. The lowest BCUT2D eigenvalue weighted by Gasteiger charge is -2.01. The predicted octanol–water partition coefficient (Wildman–Crippen LogP) is 0.952. The van der Waals surface area contributed by atoms with E-state index in [1.165, 1.54) is 6.07 Å². The van der Waals surface area contributed by atoms with Crippen LogP contribution >= 0.6 is 11.6 Å². The zero-order valence-corrected chi connectivity index (χ0v) is 11.4. The number of halogens is 1. The van der Waals surface area contributed by atoms with Gasteiger partial charge in [0.05, 0.1) is 0 Å². The lowest BCUT2D eigenvalue weighted by atomic mass is 10.3. The highest BCUT2D eigenvalue weighted by Crippen LogP contribution is 2.17. The van der Waals surface area contributed by atoms with Crippen molar-refractivity contribution in [3.8, 4) is 0 Å². The zero-order chi connectivity index (χ0) is 13.9. The molecule has 1 rings (SSSR count). The van der Waals surface area contributed by atoms with Crippen LogP contribution in [0.4, 0.5) is 5.82 Å². The molecule has 0 saturated heterocycles. The fourth-order valence-corrected chi connectivity index (χ4v) is 1.82. The molecule has 1 aromatic heterocycles. The van der Waals surface area contributed by atoms with Crippen LogP contribution in [0.25, 0.3) is 0 Å². The number of sulfone groups is 1. The van der Waals surface area contributed by atoms with Crippen LogP contribution in [0.2, 0.25) is 5.15 Å². The van der Waals surface area contributed by atoms with Crippen LogP contribution in [0.1, 0.15) is 13.3 Å². The molecule has 0 atom stereocenters. The third-order valence-electron chi connectivity index (χ3n) is 1.70. The molecule has 0 aliphatic heterocycles. The van der Waals surface area contributed by atoms with Gasteiger partial charge in [-0.15, -0.1) is 0 Å². The van der Waals surface area contributed by atoms with Crippen molar-refractivity contribution in [2.24, 2.45) is 10.7 Å². The molecule has 0 aromatic carbocycles. The molecule has 1 heterocycles. The van der Waals surface area contributed by atoms with Crippen LogP contribution in [-0.2, 0) is 9.84 Å². The normalized spacial score (nSPS) is 12.5. The van der Waals surface area contributed by atoms with E-state index in [2.05, 4.69) is 15.0 Å². The van der Waals surface area contributed by atoms with Crippen LogP contribution in [0.3, 0.4) is 0 Å². The van der Waals surface area contributed by atoms with Gasteiger partial charge in [-0.2, -0.15) is 4.98 Å². The minimum Gasteiger partial charge on any atom is -0.387 e. The summed E-state index contributed by atoms with van der Waals surface area (Å²) >= 11 is 5.68. The third-order valence-corrected chi connectivity index (χ3v) is 2.74. The topological polar surface area (TPSA) is 122 Å². The first kappa shape index (κ1) is 14.5. The number of rotatable bonds is 4. The first-order valence-electron chi connectivity index (χ1n) is 4.80. The van der Waals surface area contributed by atoms with E-state index < -0.39 is 15.0 Å². The van der Waals surface area contributed by atoms with Crippen molar-refractivity contribution < 1.29 is 8.42 Å². The number of hydrogen-bond donors (Lipinski definition) is 2. The van der Waals surface area contributed by atoms with Crippen LogP contribution in [0, 0.1) is 5.41 Å². The fourth-order valence-electron chi connectivity index (χ4n) is 1.07. The third kappa shape index (κ3) is 4.38. The Morgan fingerprint density at radius 1 is 1.56 bits per heavy atom. The number of aliphatic imine (C=N–C) groups is 1. The highest BCUT2D eigenvalue weighted by molar-refractivity contribution is 7.90. The molecule has 0 radical (unpaired) electrons. The van der Waals surface area contributed by atoms with Crippen molar-refractivity contribution in [3.63, 3.8) is 0 Å². The molecule has 0 aliphatic carbocycles. The Hall–Kier alpha value is -1.54. The fraction of sp³-hybridized carbons (Fsp3) is 0.333. The van der Waals surface area contributed by atoms with Crippen molar-refractivity contribution in [1.82, 2.24) is 9.97 Å². The van der Waals surface area contributed by atoms with Gasteiger partial charge in [-0.25, -0.2) is 18.4 Å². The van der Waals surface area contributed by atoms with E-state index in [1.54, 1.807) is 6.92 Å². The predicted molar refractivity (Wildman–Crippen MR) is 69.5 cm³/mol. The second-order valence-corrected chi connectivity index (χ2v) is 5.96. The maximum atomic E-state index is 11.3. The summed E-state index contributed by atoms with van der Waals surface area (Å²) in [5.41, 5.74) is 5.91. The van der Waals surface area contributed by atoms with Crippen molar-refractivity contribution in [1.29, 1.82) is 5.41 Å². The lowest BCUT2D eigenvalue weighted by Crippen LogP contribution is -2.15. The van der Waals surface area contributed by atoms with E-state index >= 15 is 0 Å². The van der Waals surface area contributed by atoms with E-state index in [4.69, 9.17) is 22.7 Å². The molecular formula is C9H12ClN5O2S. The molecular weight excluding hydrogens is 278 g/mol. The van der Waals surface area contributed by atoms with E-state index in [0.717, 1.165) is 6.26 Å². The van der Waals surface area contributed by atoms with Gasteiger partial charge in [-0.05, 0) is 6.92 Å². The van der Waals surface area contributed by atoms with Gasteiger partial charge in [-0.1, -0.05) is 11.6 Å². The minimum atomic E-state index is -3.57. The molecule has 0 unspecified atom stereocenters. The summed E-state index contributed by atoms with van der Waals surface area (Å²) < 4.78 is 22.6. The van der Waals surface area contributed by atoms with Crippen molar-refractivity contribution in [2.45, 2.75) is 18.5 Å². The van der Waals surface area contributed by atoms with Crippen LogP contribution in [0.5, 0.6) is 0 Å². The Kier molecular flexibility index (Phi) is 4.36. The SMILES string of the molecule is CC(=N)CC(N)=Nc1cc(Cl)nc(S(C)(=O)=O)n1. The molecule has 3 N–H and O–H groups in total. The van der Waals surface area contributed by atoms with Gasteiger partial charge in [0.1, 0.15) is 11.0 Å². The number of nitrogens with one attached hydrogen (secondary N) is 1. The van der Waals surface area contributed by atoms with Crippen LogP contribution in [-0.4, -0.2) is 36.2 Å². The Balaban J connectivity index is 3.19. The Labute approximate surface area is 110 Å². The quantitative estimate of drug-likeness (QED) is 0.370. The monoisotopic (exact) mass is 289 g/mol. The summed E-state index contributed by atoms with van der Waals surface area (Å²) in [7, 11) is -3.57. The number of amidine groups is 1. The van der Waals surface area contributed by atoms with Crippen LogP contribution in [0.15, 0.2) is 16.2 Å². The van der Waals surface area contributed by atoms with Gasteiger partial charge < -0.3 is 11.1 Å². The highest BCUT2D eigenvalue weighted by atomic mass is 35.5. The van der Waals surface area contributed by atoms with Gasteiger partial charge in [0.2, 0.25) is 15.0 Å². The van der Waals surface area contributed by atoms with E-state index in [-0.39, 0.29) is 23.2 Å². The zero-order valence-electron chi connectivity index (χ0n) is 9.81. The Morgan fingerprint density at radius 2 is 2.17 bits per heavy atom. The summed E-state index contributed by atoms with van der Waals surface area (Å²) in [6.07, 6.45) is 1.15. The molecule has 0 amide bonds. The number of hydrogen-bond acceptors (Lipinski definition) is 6. The molecule has 1 aromatic rings. The van der Waals surface area contributed by atoms with Crippen molar-refractivity contribution >= 4 is 38.8 Å². The lowest BCUT2D eigenvalue weighted by molar-refractivity contribution is 0.593. The Morgan fingerprint density at radius 3 is 2.67 bits per heavy atom. The summed E-state index contributed by atoms with van der Waals surface area (Å²) in [6.45, 7) is 1.58. The molecule has 0 aliphatic rings. The molecule has 0 spiro atoms. The van der Waals surface area contributed by atoms with Gasteiger partial charge in [-0.3, -0.25) is 0 Å². The van der Waals surface area contributed by atoms with Gasteiger partial charge in [0, 0.05) is 24.5 Å². The van der Waals surface area contributed by atoms with Crippen molar-refractivity contribution in [3.05, 3.63) is 11.2 Å². The molecule has 0 fully saturated rings. The number of nitrogens with zero attached hydrogens (tertiary/aromatic N) is 3. The van der Waals surface area contributed by atoms with E-state index in [1.807, 2.05) is 0 Å². The minimum absolute atomic E-state index is 0.0384.